The van der Waals surface area contributed by atoms with Gasteiger partial charge in [0.05, 0.1) is 5.56 Å². The molecule has 0 spiro atoms. The number of piperazine rings is 1. The zero-order valence-electron chi connectivity index (χ0n) is 11.2. The highest BCUT2D eigenvalue weighted by molar-refractivity contribution is 9.10. The molecule has 1 aliphatic rings. The van der Waals surface area contributed by atoms with Crippen molar-refractivity contribution in [3.8, 4) is 0 Å². The van der Waals surface area contributed by atoms with Crippen molar-refractivity contribution in [3.05, 3.63) is 33.8 Å². The second-order valence-corrected chi connectivity index (χ2v) is 5.58. The second kappa shape index (κ2) is 7.03. The van der Waals surface area contributed by atoms with Gasteiger partial charge in [0.2, 0.25) is 0 Å². The first-order valence-corrected chi connectivity index (χ1v) is 7.44. The van der Waals surface area contributed by atoms with Crippen LogP contribution < -0.4 is 10.6 Å². The summed E-state index contributed by atoms with van der Waals surface area (Å²) in [5, 5.41) is 6.30. The smallest absolute Gasteiger partial charge is 0.252 e. The molecular formula is C14H20BrN3O. The molecule has 1 aromatic rings. The van der Waals surface area contributed by atoms with Crippen LogP contribution >= 0.6 is 15.9 Å². The van der Waals surface area contributed by atoms with E-state index in [9.17, 15) is 4.79 Å². The van der Waals surface area contributed by atoms with Crippen molar-refractivity contribution < 1.29 is 4.79 Å². The molecule has 0 bridgehead atoms. The van der Waals surface area contributed by atoms with E-state index in [0.717, 1.165) is 42.8 Å². The number of hydrogen-bond acceptors (Lipinski definition) is 3. The standard InChI is InChI=1S/C14H20BrN3O/c1-11-3-2-4-12(13(11)15)14(19)17-7-10-18-8-5-16-6-9-18/h2-4,16H,5-10H2,1H3,(H,17,19). The molecule has 0 aromatic heterocycles. The number of carbonyl (C=O) groups excluding carboxylic acids is 1. The van der Waals surface area contributed by atoms with E-state index in [0.29, 0.717) is 12.1 Å². The Morgan fingerprint density at radius 2 is 2.16 bits per heavy atom. The fraction of sp³-hybridized carbons (Fsp3) is 0.500. The molecule has 5 heteroatoms. The average Bonchev–Trinajstić information content (AvgIpc) is 2.43. The van der Waals surface area contributed by atoms with Gasteiger partial charge in [-0.3, -0.25) is 9.69 Å². The average molecular weight is 326 g/mol. The summed E-state index contributed by atoms with van der Waals surface area (Å²) in [5.41, 5.74) is 1.79. The first-order chi connectivity index (χ1) is 9.18. The van der Waals surface area contributed by atoms with Crippen molar-refractivity contribution in [2.75, 3.05) is 39.3 Å². The highest BCUT2D eigenvalue weighted by Crippen LogP contribution is 2.20. The number of halogens is 1. The van der Waals surface area contributed by atoms with Crippen LogP contribution in [0.2, 0.25) is 0 Å². The lowest BCUT2D eigenvalue weighted by Crippen LogP contribution is -2.46. The fourth-order valence-corrected chi connectivity index (χ4v) is 2.62. The van der Waals surface area contributed by atoms with Gasteiger partial charge in [-0.1, -0.05) is 12.1 Å². The van der Waals surface area contributed by atoms with E-state index in [1.165, 1.54) is 0 Å². The molecule has 2 rings (SSSR count). The van der Waals surface area contributed by atoms with Gasteiger partial charge in [-0.25, -0.2) is 0 Å². The van der Waals surface area contributed by atoms with Crippen LogP contribution in [-0.4, -0.2) is 50.1 Å². The zero-order valence-corrected chi connectivity index (χ0v) is 12.8. The zero-order chi connectivity index (χ0) is 13.7. The van der Waals surface area contributed by atoms with E-state index in [-0.39, 0.29) is 5.91 Å². The van der Waals surface area contributed by atoms with E-state index >= 15 is 0 Å². The Kier molecular flexibility index (Phi) is 5.36. The number of amides is 1. The van der Waals surface area contributed by atoms with Gasteiger partial charge in [-0.15, -0.1) is 0 Å². The Bertz CT molecular complexity index is 444. The van der Waals surface area contributed by atoms with Crippen molar-refractivity contribution in [1.82, 2.24) is 15.5 Å². The molecule has 1 saturated heterocycles. The van der Waals surface area contributed by atoms with Gasteiger partial charge in [0.25, 0.3) is 5.91 Å². The molecule has 104 valence electrons. The molecular weight excluding hydrogens is 306 g/mol. The van der Waals surface area contributed by atoms with Gasteiger partial charge >= 0.3 is 0 Å². The van der Waals surface area contributed by atoms with E-state index < -0.39 is 0 Å². The third kappa shape index (κ3) is 4.03. The Morgan fingerprint density at radius 3 is 2.89 bits per heavy atom. The fourth-order valence-electron chi connectivity index (χ4n) is 2.18. The number of nitrogens with one attached hydrogen (secondary N) is 2. The lowest BCUT2D eigenvalue weighted by atomic mass is 10.1. The molecule has 0 radical (unpaired) electrons. The van der Waals surface area contributed by atoms with Gasteiger partial charge in [0, 0.05) is 43.7 Å². The first-order valence-electron chi connectivity index (χ1n) is 6.65. The number of aryl methyl sites for hydroxylation is 1. The lowest BCUT2D eigenvalue weighted by molar-refractivity contribution is 0.0946. The minimum Gasteiger partial charge on any atom is -0.351 e. The quantitative estimate of drug-likeness (QED) is 0.879. The van der Waals surface area contributed by atoms with Gasteiger partial charge in [0.15, 0.2) is 0 Å². The van der Waals surface area contributed by atoms with Gasteiger partial charge in [-0.2, -0.15) is 0 Å². The van der Waals surface area contributed by atoms with Gasteiger partial charge in [0.1, 0.15) is 0 Å². The number of nitrogens with zero attached hydrogens (tertiary/aromatic N) is 1. The van der Waals surface area contributed by atoms with E-state index in [2.05, 4.69) is 31.5 Å². The molecule has 0 unspecified atom stereocenters. The summed E-state index contributed by atoms with van der Waals surface area (Å²) in [6.07, 6.45) is 0. The largest absolute Gasteiger partial charge is 0.351 e. The molecule has 1 aromatic carbocycles. The van der Waals surface area contributed by atoms with Crippen molar-refractivity contribution >= 4 is 21.8 Å². The summed E-state index contributed by atoms with van der Waals surface area (Å²) in [7, 11) is 0. The molecule has 0 atom stereocenters. The Morgan fingerprint density at radius 1 is 1.42 bits per heavy atom. The number of carbonyl (C=O) groups is 1. The van der Waals surface area contributed by atoms with Crippen LogP contribution in [0.1, 0.15) is 15.9 Å². The summed E-state index contributed by atoms with van der Waals surface area (Å²) >= 11 is 3.47. The molecule has 1 fully saturated rings. The molecule has 1 heterocycles. The summed E-state index contributed by atoms with van der Waals surface area (Å²) in [5.74, 6) is -0.00860. The summed E-state index contributed by atoms with van der Waals surface area (Å²) in [6, 6.07) is 5.74. The minimum atomic E-state index is -0.00860. The predicted octanol–water partition coefficient (Wildman–Crippen LogP) is 1.39. The summed E-state index contributed by atoms with van der Waals surface area (Å²) in [4.78, 5) is 14.5. The third-order valence-corrected chi connectivity index (χ3v) is 4.41. The maximum absolute atomic E-state index is 12.1. The maximum atomic E-state index is 12.1. The van der Waals surface area contributed by atoms with Crippen LogP contribution in [0, 0.1) is 6.92 Å². The van der Waals surface area contributed by atoms with Crippen LogP contribution in [0.4, 0.5) is 0 Å². The third-order valence-electron chi connectivity index (χ3n) is 3.36. The van der Waals surface area contributed by atoms with Crippen LogP contribution in [0.5, 0.6) is 0 Å². The molecule has 19 heavy (non-hydrogen) atoms. The highest BCUT2D eigenvalue weighted by atomic mass is 79.9. The minimum absolute atomic E-state index is 0.00860. The molecule has 1 aliphatic heterocycles. The maximum Gasteiger partial charge on any atom is 0.252 e. The highest BCUT2D eigenvalue weighted by Gasteiger charge is 2.12. The van der Waals surface area contributed by atoms with Gasteiger partial charge in [-0.05, 0) is 34.5 Å². The SMILES string of the molecule is Cc1cccc(C(=O)NCCN2CCNCC2)c1Br. The van der Waals surface area contributed by atoms with Crippen molar-refractivity contribution in [2.45, 2.75) is 6.92 Å². The van der Waals surface area contributed by atoms with Crippen molar-refractivity contribution in [3.63, 3.8) is 0 Å². The van der Waals surface area contributed by atoms with Crippen LogP contribution in [-0.2, 0) is 0 Å². The van der Waals surface area contributed by atoms with E-state index in [4.69, 9.17) is 0 Å². The Hall–Kier alpha value is -0.910. The molecule has 4 nitrogen and oxygen atoms in total. The monoisotopic (exact) mass is 325 g/mol. The second-order valence-electron chi connectivity index (χ2n) is 4.78. The number of benzene rings is 1. The van der Waals surface area contributed by atoms with Crippen LogP contribution in [0.25, 0.3) is 0 Å². The van der Waals surface area contributed by atoms with Crippen LogP contribution in [0.3, 0.4) is 0 Å². The van der Waals surface area contributed by atoms with Gasteiger partial charge < -0.3 is 10.6 Å². The first kappa shape index (κ1) is 14.5. The van der Waals surface area contributed by atoms with E-state index in [1.807, 2.05) is 25.1 Å². The Balaban J connectivity index is 1.82. The van der Waals surface area contributed by atoms with Crippen molar-refractivity contribution in [1.29, 1.82) is 0 Å². The molecule has 0 aliphatic carbocycles. The Labute approximate surface area is 122 Å². The predicted molar refractivity (Wildman–Crippen MR) is 80.5 cm³/mol. The van der Waals surface area contributed by atoms with Crippen molar-refractivity contribution in [2.24, 2.45) is 0 Å². The summed E-state index contributed by atoms with van der Waals surface area (Å²) < 4.78 is 0.884. The topological polar surface area (TPSA) is 44.4 Å². The van der Waals surface area contributed by atoms with Crippen LogP contribution in [0.15, 0.2) is 22.7 Å². The number of rotatable bonds is 4. The molecule has 0 saturated carbocycles. The molecule has 2 N–H and O–H groups in total. The van der Waals surface area contributed by atoms with E-state index in [1.54, 1.807) is 0 Å². The molecule has 1 amide bonds. The lowest BCUT2D eigenvalue weighted by Gasteiger charge is -2.27. The summed E-state index contributed by atoms with van der Waals surface area (Å²) in [6.45, 7) is 7.79. The number of hydrogen-bond donors (Lipinski definition) is 2. The normalized spacial score (nSPS) is 16.3.